The number of hydrogen-bond donors (Lipinski definition) is 1. The molecule has 1 amide bonds. The fourth-order valence-corrected chi connectivity index (χ4v) is 4.98. The van der Waals surface area contributed by atoms with Crippen LogP contribution in [0.4, 0.5) is 5.82 Å². The number of aromatic nitrogens is 2. The van der Waals surface area contributed by atoms with E-state index in [0.717, 1.165) is 11.3 Å². The molecule has 0 atom stereocenters. The van der Waals surface area contributed by atoms with E-state index in [2.05, 4.69) is 10.4 Å². The summed E-state index contributed by atoms with van der Waals surface area (Å²) in [6.07, 6.45) is 0.0395. The van der Waals surface area contributed by atoms with Crippen molar-refractivity contribution in [1.29, 1.82) is 0 Å². The van der Waals surface area contributed by atoms with Crippen LogP contribution in [0.3, 0.4) is 0 Å². The van der Waals surface area contributed by atoms with Gasteiger partial charge in [0.05, 0.1) is 29.0 Å². The fraction of sp³-hybridized carbons (Fsp3) is 0.273. The lowest BCUT2D eigenvalue weighted by Gasteiger charge is -2.13. The van der Waals surface area contributed by atoms with Gasteiger partial charge in [0.15, 0.2) is 9.84 Å². The van der Waals surface area contributed by atoms with E-state index in [4.69, 9.17) is 4.74 Å². The molecule has 2 aromatic carbocycles. The Bertz CT molecular complexity index is 1210. The van der Waals surface area contributed by atoms with E-state index in [9.17, 15) is 13.2 Å². The van der Waals surface area contributed by atoms with Gasteiger partial charge in [0, 0.05) is 11.1 Å². The van der Waals surface area contributed by atoms with E-state index in [-0.39, 0.29) is 23.5 Å². The highest BCUT2D eigenvalue weighted by Crippen LogP contribution is 2.34. The Morgan fingerprint density at radius 1 is 1.10 bits per heavy atom. The zero-order valence-electron chi connectivity index (χ0n) is 17.0. The average molecular weight is 426 g/mol. The van der Waals surface area contributed by atoms with Gasteiger partial charge in [-0.1, -0.05) is 18.2 Å². The first-order valence-electron chi connectivity index (χ1n) is 9.69. The van der Waals surface area contributed by atoms with Crippen LogP contribution in [0.2, 0.25) is 0 Å². The largest absolute Gasteiger partial charge is 0.491 e. The van der Waals surface area contributed by atoms with E-state index in [1.165, 1.54) is 0 Å². The molecule has 3 aromatic rings. The number of carbonyl (C=O) groups is 1. The van der Waals surface area contributed by atoms with Crippen molar-refractivity contribution in [3.8, 4) is 11.4 Å². The molecule has 1 N–H and O–H groups in total. The van der Waals surface area contributed by atoms with Gasteiger partial charge in [0.25, 0.3) is 5.91 Å². The van der Waals surface area contributed by atoms with E-state index in [1.54, 1.807) is 28.9 Å². The second kappa shape index (κ2) is 7.60. The molecular formula is C22H23N3O4S. The first-order chi connectivity index (χ1) is 14.2. The number of hydrogen-bond acceptors (Lipinski definition) is 5. The quantitative estimate of drug-likeness (QED) is 0.674. The molecule has 2 heterocycles. The summed E-state index contributed by atoms with van der Waals surface area (Å²) in [7, 11) is -3.25. The number of rotatable bonds is 5. The van der Waals surface area contributed by atoms with Crippen LogP contribution in [-0.2, 0) is 21.3 Å². The zero-order chi connectivity index (χ0) is 21.5. The normalized spacial score (nSPS) is 14.5. The Morgan fingerprint density at radius 2 is 1.80 bits per heavy atom. The first kappa shape index (κ1) is 20.2. The third-order valence-corrected chi connectivity index (χ3v) is 6.29. The van der Waals surface area contributed by atoms with Crippen molar-refractivity contribution in [2.24, 2.45) is 0 Å². The predicted octanol–water partition coefficient (Wildman–Crippen LogP) is 3.65. The van der Waals surface area contributed by atoms with Crippen molar-refractivity contribution in [2.75, 3.05) is 5.32 Å². The third kappa shape index (κ3) is 3.95. The molecule has 0 aliphatic carbocycles. The highest BCUT2D eigenvalue weighted by atomic mass is 32.2. The predicted molar refractivity (Wildman–Crippen MR) is 115 cm³/mol. The minimum atomic E-state index is -3.25. The Labute approximate surface area is 175 Å². The lowest BCUT2D eigenvalue weighted by atomic mass is 10.2. The smallest absolute Gasteiger partial charge is 0.256 e. The number of aryl methyl sites for hydroxylation is 1. The Morgan fingerprint density at radius 3 is 2.47 bits per heavy atom. The molecule has 0 radical (unpaired) electrons. The summed E-state index contributed by atoms with van der Waals surface area (Å²) < 4.78 is 31.5. The number of nitrogens with one attached hydrogen (secondary N) is 1. The summed E-state index contributed by atoms with van der Waals surface area (Å²) in [5.74, 6) is 0.482. The van der Waals surface area contributed by atoms with Crippen molar-refractivity contribution < 1.29 is 17.9 Å². The third-order valence-electron chi connectivity index (χ3n) is 4.85. The number of benzene rings is 2. The number of fused-ring (bicyclic) bond motifs is 1. The minimum absolute atomic E-state index is 0.0395. The molecule has 30 heavy (non-hydrogen) atoms. The molecule has 0 saturated carbocycles. The van der Waals surface area contributed by atoms with Crippen LogP contribution in [-0.4, -0.2) is 30.2 Å². The molecule has 0 fully saturated rings. The molecule has 0 bridgehead atoms. The zero-order valence-corrected chi connectivity index (χ0v) is 17.9. The van der Waals surface area contributed by atoms with Crippen molar-refractivity contribution in [2.45, 2.75) is 38.4 Å². The molecule has 1 aliphatic rings. The van der Waals surface area contributed by atoms with E-state index in [1.807, 2.05) is 45.0 Å². The van der Waals surface area contributed by atoms with E-state index >= 15 is 0 Å². The van der Waals surface area contributed by atoms with Gasteiger partial charge in [-0.15, -0.1) is 0 Å². The SMILES string of the molecule is Cc1ccccc1-n1nc2c(c1NC(=O)c1ccc(OC(C)C)cc1)CS(=O)(=O)C2. The maximum Gasteiger partial charge on any atom is 0.256 e. The lowest BCUT2D eigenvalue weighted by Crippen LogP contribution is -2.17. The van der Waals surface area contributed by atoms with Gasteiger partial charge in [-0.3, -0.25) is 4.79 Å². The maximum absolute atomic E-state index is 12.9. The first-order valence-corrected chi connectivity index (χ1v) is 11.5. The van der Waals surface area contributed by atoms with Gasteiger partial charge in [-0.25, -0.2) is 13.1 Å². The van der Waals surface area contributed by atoms with Crippen LogP contribution in [0.1, 0.15) is 41.0 Å². The Hall–Kier alpha value is -3.13. The van der Waals surface area contributed by atoms with Gasteiger partial charge in [-0.2, -0.15) is 5.10 Å². The second-order valence-corrected chi connectivity index (χ2v) is 9.71. The number of amides is 1. The van der Waals surface area contributed by atoms with Crippen molar-refractivity contribution in [3.05, 3.63) is 70.9 Å². The number of anilines is 1. The average Bonchev–Trinajstić information content (AvgIpc) is 3.14. The molecule has 1 aromatic heterocycles. The summed E-state index contributed by atoms with van der Waals surface area (Å²) in [4.78, 5) is 12.9. The molecule has 0 unspecified atom stereocenters. The Kier molecular flexibility index (Phi) is 5.11. The number of ether oxygens (including phenoxy) is 1. The van der Waals surface area contributed by atoms with Gasteiger partial charge in [-0.05, 0) is 56.7 Å². The number of nitrogens with zero attached hydrogens (tertiary/aromatic N) is 2. The number of para-hydroxylation sites is 1. The van der Waals surface area contributed by atoms with Gasteiger partial charge in [0.1, 0.15) is 11.6 Å². The molecule has 156 valence electrons. The lowest BCUT2D eigenvalue weighted by molar-refractivity contribution is 0.102. The topological polar surface area (TPSA) is 90.3 Å². The number of sulfone groups is 1. The molecule has 0 spiro atoms. The highest BCUT2D eigenvalue weighted by molar-refractivity contribution is 7.90. The van der Waals surface area contributed by atoms with Crippen LogP contribution in [0.15, 0.2) is 48.5 Å². The van der Waals surface area contributed by atoms with E-state index in [0.29, 0.717) is 28.4 Å². The van der Waals surface area contributed by atoms with E-state index < -0.39 is 9.84 Å². The Balaban J connectivity index is 1.70. The molecule has 1 aliphatic heterocycles. The van der Waals surface area contributed by atoms with Crippen LogP contribution in [0.5, 0.6) is 5.75 Å². The van der Waals surface area contributed by atoms with Crippen molar-refractivity contribution in [3.63, 3.8) is 0 Å². The summed E-state index contributed by atoms with van der Waals surface area (Å²) >= 11 is 0. The number of carbonyl (C=O) groups excluding carboxylic acids is 1. The molecule has 7 nitrogen and oxygen atoms in total. The van der Waals surface area contributed by atoms with Gasteiger partial charge in [0.2, 0.25) is 0 Å². The van der Waals surface area contributed by atoms with Gasteiger partial charge < -0.3 is 10.1 Å². The van der Waals surface area contributed by atoms with Crippen molar-refractivity contribution in [1.82, 2.24) is 9.78 Å². The monoisotopic (exact) mass is 425 g/mol. The highest BCUT2D eigenvalue weighted by Gasteiger charge is 2.33. The van der Waals surface area contributed by atoms with Crippen LogP contribution in [0.25, 0.3) is 5.69 Å². The fourth-order valence-electron chi connectivity index (χ4n) is 3.48. The molecule has 8 heteroatoms. The summed E-state index contributed by atoms with van der Waals surface area (Å²) in [5, 5.41) is 7.40. The minimum Gasteiger partial charge on any atom is -0.491 e. The van der Waals surface area contributed by atoms with Crippen LogP contribution in [0, 0.1) is 6.92 Å². The maximum atomic E-state index is 12.9. The standard InChI is InChI=1S/C22H23N3O4S/c1-14(2)29-17-10-8-16(9-11-17)22(26)23-21-18-12-30(27,28)13-19(18)24-25(21)20-7-5-4-6-15(20)3/h4-11,14H,12-13H2,1-3H3,(H,23,26). The van der Waals surface area contributed by atoms with Crippen LogP contribution >= 0.6 is 0 Å². The molecule has 0 saturated heterocycles. The second-order valence-electron chi connectivity index (χ2n) is 7.65. The van der Waals surface area contributed by atoms with Gasteiger partial charge >= 0.3 is 0 Å². The molecular weight excluding hydrogens is 402 g/mol. The van der Waals surface area contributed by atoms with Crippen LogP contribution < -0.4 is 10.1 Å². The summed E-state index contributed by atoms with van der Waals surface area (Å²) in [6.45, 7) is 5.81. The summed E-state index contributed by atoms with van der Waals surface area (Å²) in [5.41, 5.74) is 3.23. The summed E-state index contributed by atoms with van der Waals surface area (Å²) in [6, 6.07) is 14.5. The van der Waals surface area contributed by atoms with Crippen molar-refractivity contribution >= 4 is 21.6 Å². The molecule has 4 rings (SSSR count).